The molecule has 1 aromatic carbocycles. The van der Waals surface area contributed by atoms with Crippen LogP contribution in [-0.2, 0) is 4.79 Å². The zero-order valence-electron chi connectivity index (χ0n) is 9.91. The Morgan fingerprint density at radius 2 is 2.00 bits per heavy atom. The predicted molar refractivity (Wildman–Crippen MR) is 77.6 cm³/mol. The first kappa shape index (κ1) is 15.1. The van der Waals surface area contributed by atoms with Crippen molar-refractivity contribution in [3.8, 4) is 0 Å². The van der Waals surface area contributed by atoms with Gasteiger partial charge in [0.2, 0.25) is 0 Å². The number of hydrogen-bond acceptors (Lipinski definition) is 5. The second-order valence-corrected chi connectivity index (χ2v) is 4.76. The maximum Gasteiger partial charge on any atom is 0.276 e. The molecule has 98 valence electrons. The van der Waals surface area contributed by atoms with Gasteiger partial charge in [-0.15, -0.1) is 0 Å². The maximum absolute atomic E-state index is 11.1. The van der Waals surface area contributed by atoms with Crippen molar-refractivity contribution >= 4 is 41.3 Å². The van der Waals surface area contributed by atoms with Crippen molar-refractivity contribution in [1.82, 2.24) is 0 Å². The average molecular weight is 285 g/mol. The molecule has 0 bridgehead atoms. The predicted octanol–water partition coefficient (Wildman–Crippen LogP) is 1.83. The van der Waals surface area contributed by atoms with E-state index in [1.54, 1.807) is 24.3 Å². The average Bonchev–Trinajstić information content (AvgIpc) is 2.44. The molecule has 1 amide bonds. The molecule has 0 aliphatic heterocycles. The Morgan fingerprint density at radius 1 is 1.44 bits per heavy atom. The first-order chi connectivity index (χ1) is 8.51. The Kier molecular flexibility index (Phi) is 5.74. The van der Waals surface area contributed by atoms with Crippen LogP contribution in [0, 0.1) is 0 Å². The molecule has 0 spiro atoms. The lowest BCUT2D eigenvalue weighted by molar-refractivity contribution is -0.126. The highest BCUT2D eigenvalue weighted by molar-refractivity contribution is 7.87. The zero-order chi connectivity index (χ0) is 13.7. The Labute approximate surface area is 117 Å². The fourth-order valence-electron chi connectivity index (χ4n) is 1.36. The first-order valence-corrected chi connectivity index (χ1v) is 6.38. The minimum Gasteiger partial charge on any atom is -0.386 e. The molecule has 1 atom stereocenters. The fraction of sp³-hybridized carbons (Fsp3) is 0.333. The summed E-state index contributed by atoms with van der Waals surface area (Å²) in [6.45, 7) is 1.25. The van der Waals surface area contributed by atoms with Gasteiger partial charge >= 0.3 is 0 Å². The van der Waals surface area contributed by atoms with E-state index < -0.39 is 12.5 Å². The van der Waals surface area contributed by atoms with Gasteiger partial charge in [-0.1, -0.05) is 31.3 Å². The van der Waals surface area contributed by atoms with Crippen molar-refractivity contribution in [2.24, 2.45) is 0 Å². The first-order valence-electron chi connectivity index (χ1n) is 5.46. The van der Waals surface area contributed by atoms with Crippen LogP contribution in [0.2, 0.25) is 0 Å². The lowest BCUT2D eigenvalue weighted by Gasteiger charge is -2.15. The number of nitrogens with zero attached hydrogens (tertiary/aromatic N) is 1. The van der Waals surface area contributed by atoms with E-state index in [-0.39, 0.29) is 10.9 Å². The van der Waals surface area contributed by atoms with E-state index in [4.69, 9.17) is 17.3 Å². The number of benzene rings is 1. The molecule has 6 heteroatoms. The van der Waals surface area contributed by atoms with Gasteiger partial charge in [-0.3, -0.25) is 10.0 Å². The molecule has 2 N–H and O–H groups in total. The number of hydrogen-bond donors (Lipinski definition) is 3. The van der Waals surface area contributed by atoms with Crippen molar-refractivity contribution < 1.29 is 15.1 Å². The van der Waals surface area contributed by atoms with Gasteiger partial charge in [0.05, 0.1) is 5.69 Å². The van der Waals surface area contributed by atoms with E-state index >= 15 is 0 Å². The van der Waals surface area contributed by atoms with Gasteiger partial charge in [0.25, 0.3) is 5.91 Å². The molecule has 0 aromatic heterocycles. The van der Waals surface area contributed by atoms with Gasteiger partial charge in [-0.05, 0) is 24.1 Å². The number of amides is 1. The molecule has 0 fully saturated rings. The summed E-state index contributed by atoms with van der Waals surface area (Å²) in [6.07, 6.45) is 0.832. The summed E-state index contributed by atoms with van der Waals surface area (Å²) in [5, 5.41) is 18.5. The van der Waals surface area contributed by atoms with E-state index in [0.29, 0.717) is 5.06 Å². The molecular formula is C12H15NO3S2. The minimum atomic E-state index is -0.786. The highest BCUT2D eigenvalue weighted by Gasteiger charge is 2.13. The third-order valence-corrected chi connectivity index (χ3v) is 3.78. The highest BCUT2D eigenvalue weighted by Crippen LogP contribution is 2.17. The van der Waals surface area contributed by atoms with Crippen LogP contribution < -0.4 is 5.06 Å². The van der Waals surface area contributed by atoms with E-state index in [2.05, 4.69) is 12.6 Å². The van der Waals surface area contributed by atoms with Gasteiger partial charge in [0.1, 0.15) is 6.61 Å². The molecule has 0 saturated heterocycles. The number of anilines is 1. The minimum absolute atomic E-state index is 0.00940. The number of aliphatic hydroxyl groups is 1. The molecule has 0 aliphatic rings. The number of rotatable bonds is 5. The van der Waals surface area contributed by atoms with Crippen molar-refractivity contribution in [2.45, 2.75) is 18.6 Å². The van der Waals surface area contributed by atoms with Gasteiger partial charge in [-0.25, -0.2) is 0 Å². The van der Waals surface area contributed by atoms with Crippen molar-refractivity contribution in [2.75, 3.05) is 11.7 Å². The SMILES string of the molecule is CCC(S)C(=S)c1ccc(N(O)C(=O)CO)cc1. The van der Waals surface area contributed by atoms with E-state index in [9.17, 15) is 10.0 Å². The van der Waals surface area contributed by atoms with Crippen LogP contribution in [0.5, 0.6) is 0 Å². The van der Waals surface area contributed by atoms with E-state index in [1.165, 1.54) is 0 Å². The number of carbonyl (C=O) groups excluding carboxylic acids is 1. The molecule has 1 unspecified atom stereocenters. The summed E-state index contributed by atoms with van der Waals surface area (Å²) in [5.74, 6) is -0.786. The Balaban J connectivity index is 2.86. The molecule has 0 aliphatic carbocycles. The lowest BCUT2D eigenvalue weighted by atomic mass is 10.1. The number of carbonyl (C=O) groups is 1. The van der Waals surface area contributed by atoms with Gasteiger partial charge in [0, 0.05) is 10.1 Å². The smallest absolute Gasteiger partial charge is 0.276 e. The topological polar surface area (TPSA) is 60.8 Å². The van der Waals surface area contributed by atoms with Crippen LogP contribution in [0.25, 0.3) is 0 Å². The Morgan fingerprint density at radius 3 is 2.44 bits per heavy atom. The standard InChI is InChI=1S/C12H15NO3S2/c1-2-10(17)12(18)8-3-5-9(6-4-8)13(16)11(15)7-14/h3-6,10,14,16-17H,2,7H2,1H3. The highest BCUT2D eigenvalue weighted by atomic mass is 32.1. The summed E-state index contributed by atoms with van der Waals surface area (Å²) in [4.78, 5) is 11.8. The third-order valence-electron chi connectivity index (χ3n) is 2.46. The molecular weight excluding hydrogens is 270 g/mol. The number of thiocarbonyl (C=S) groups is 1. The molecule has 0 radical (unpaired) electrons. The van der Waals surface area contributed by atoms with Crippen molar-refractivity contribution in [3.05, 3.63) is 29.8 Å². The second kappa shape index (κ2) is 6.84. The molecule has 4 nitrogen and oxygen atoms in total. The van der Waals surface area contributed by atoms with E-state index in [1.807, 2.05) is 6.92 Å². The lowest BCUT2D eigenvalue weighted by Crippen LogP contribution is -2.29. The summed E-state index contributed by atoms with van der Waals surface area (Å²) in [7, 11) is 0. The normalized spacial score (nSPS) is 12.0. The zero-order valence-corrected chi connectivity index (χ0v) is 11.6. The van der Waals surface area contributed by atoms with Crippen LogP contribution in [0.1, 0.15) is 18.9 Å². The van der Waals surface area contributed by atoms with Crippen LogP contribution >= 0.6 is 24.8 Å². The van der Waals surface area contributed by atoms with Crippen LogP contribution in [0.4, 0.5) is 5.69 Å². The molecule has 18 heavy (non-hydrogen) atoms. The number of thiol groups is 1. The Bertz CT molecular complexity index is 433. The summed E-state index contributed by atoms with van der Waals surface area (Å²) in [5.41, 5.74) is 1.12. The summed E-state index contributed by atoms with van der Waals surface area (Å²) >= 11 is 9.63. The molecule has 0 heterocycles. The Hall–Kier alpha value is -0.950. The quantitative estimate of drug-likeness (QED) is 0.254. The maximum atomic E-state index is 11.1. The molecule has 0 saturated carbocycles. The van der Waals surface area contributed by atoms with Gasteiger partial charge in [-0.2, -0.15) is 17.7 Å². The summed E-state index contributed by atoms with van der Waals surface area (Å²) in [6, 6.07) is 6.55. The second-order valence-electron chi connectivity index (χ2n) is 3.70. The van der Waals surface area contributed by atoms with Crippen LogP contribution in [0.3, 0.4) is 0 Å². The van der Waals surface area contributed by atoms with Crippen molar-refractivity contribution in [1.29, 1.82) is 0 Å². The van der Waals surface area contributed by atoms with Crippen LogP contribution in [-0.4, -0.2) is 32.9 Å². The number of aliphatic hydroxyl groups excluding tert-OH is 1. The number of hydroxylamine groups is 1. The summed E-state index contributed by atoms with van der Waals surface area (Å²) < 4.78 is 0. The van der Waals surface area contributed by atoms with Crippen molar-refractivity contribution in [3.63, 3.8) is 0 Å². The van der Waals surface area contributed by atoms with E-state index in [0.717, 1.165) is 16.8 Å². The van der Waals surface area contributed by atoms with Gasteiger partial charge in [0.15, 0.2) is 0 Å². The third kappa shape index (κ3) is 3.52. The van der Waals surface area contributed by atoms with Gasteiger partial charge < -0.3 is 5.11 Å². The van der Waals surface area contributed by atoms with Crippen LogP contribution in [0.15, 0.2) is 24.3 Å². The molecule has 1 aromatic rings. The largest absolute Gasteiger partial charge is 0.386 e. The fourth-order valence-corrected chi connectivity index (χ4v) is 1.81. The molecule has 1 rings (SSSR count). The monoisotopic (exact) mass is 285 g/mol.